The molecular weight excluding hydrogens is 372 g/mol. The Bertz CT molecular complexity index is 802. The standard InChI is InChI=1S/C22H28N2O5/c1-22(2,3)29-21(26)24-18(15-28-14-16-10-6-5-7-11-16)20(25)23-17-12-8-9-13-19(17)27-4/h5-13,18H,14-15H2,1-4H3,(H,23,25)(H,24,26)/t18-/m1/s1. The highest BCUT2D eigenvalue weighted by atomic mass is 16.6. The number of hydrogen-bond acceptors (Lipinski definition) is 5. The monoisotopic (exact) mass is 400 g/mol. The second-order valence-corrected chi connectivity index (χ2v) is 7.39. The fraction of sp³-hybridized carbons (Fsp3) is 0.364. The van der Waals surface area contributed by atoms with E-state index in [-0.39, 0.29) is 6.61 Å². The van der Waals surface area contributed by atoms with Gasteiger partial charge in [-0.25, -0.2) is 4.79 Å². The van der Waals surface area contributed by atoms with Crippen molar-refractivity contribution in [3.8, 4) is 5.75 Å². The topological polar surface area (TPSA) is 85.9 Å². The molecule has 29 heavy (non-hydrogen) atoms. The maximum Gasteiger partial charge on any atom is 0.408 e. The minimum absolute atomic E-state index is 0.0187. The Morgan fingerprint density at radius 2 is 1.66 bits per heavy atom. The number of rotatable bonds is 8. The van der Waals surface area contributed by atoms with Crippen LogP contribution in [0.25, 0.3) is 0 Å². The van der Waals surface area contributed by atoms with Gasteiger partial charge in [0.15, 0.2) is 0 Å². The molecular formula is C22H28N2O5. The van der Waals surface area contributed by atoms with Gasteiger partial charge in [0.1, 0.15) is 17.4 Å². The first-order valence-electron chi connectivity index (χ1n) is 9.33. The van der Waals surface area contributed by atoms with Crippen LogP contribution >= 0.6 is 0 Å². The van der Waals surface area contributed by atoms with Gasteiger partial charge in [0.05, 0.1) is 26.0 Å². The molecule has 2 amide bonds. The van der Waals surface area contributed by atoms with E-state index < -0.39 is 23.6 Å². The molecule has 0 spiro atoms. The molecule has 7 heteroatoms. The van der Waals surface area contributed by atoms with Crippen molar-refractivity contribution in [1.82, 2.24) is 5.32 Å². The SMILES string of the molecule is COc1ccccc1NC(=O)[C@@H](COCc1ccccc1)NC(=O)OC(C)(C)C. The van der Waals surface area contributed by atoms with Crippen LogP contribution in [0.15, 0.2) is 54.6 Å². The predicted molar refractivity (Wildman–Crippen MR) is 111 cm³/mol. The molecule has 0 aliphatic carbocycles. The van der Waals surface area contributed by atoms with Crippen LogP contribution in [0.5, 0.6) is 5.75 Å². The van der Waals surface area contributed by atoms with Gasteiger partial charge in [-0.3, -0.25) is 4.79 Å². The van der Waals surface area contributed by atoms with E-state index in [1.807, 2.05) is 30.3 Å². The molecule has 7 nitrogen and oxygen atoms in total. The number of anilines is 1. The Balaban J connectivity index is 2.05. The van der Waals surface area contributed by atoms with Crippen molar-refractivity contribution in [2.45, 2.75) is 39.0 Å². The molecule has 0 saturated heterocycles. The van der Waals surface area contributed by atoms with Crippen molar-refractivity contribution < 1.29 is 23.8 Å². The van der Waals surface area contributed by atoms with Gasteiger partial charge in [-0.05, 0) is 38.5 Å². The van der Waals surface area contributed by atoms with E-state index in [4.69, 9.17) is 14.2 Å². The minimum Gasteiger partial charge on any atom is -0.495 e. The fourth-order valence-electron chi connectivity index (χ4n) is 2.47. The normalized spacial score (nSPS) is 12.0. The van der Waals surface area contributed by atoms with Gasteiger partial charge in [-0.2, -0.15) is 0 Å². The number of amides is 2. The second-order valence-electron chi connectivity index (χ2n) is 7.39. The molecule has 0 aliphatic rings. The summed E-state index contributed by atoms with van der Waals surface area (Å²) in [5, 5.41) is 5.34. The molecule has 2 N–H and O–H groups in total. The van der Waals surface area contributed by atoms with Gasteiger partial charge in [-0.1, -0.05) is 42.5 Å². The smallest absolute Gasteiger partial charge is 0.408 e. The van der Waals surface area contributed by atoms with E-state index >= 15 is 0 Å². The van der Waals surface area contributed by atoms with E-state index in [0.29, 0.717) is 18.0 Å². The molecule has 0 fully saturated rings. The number of para-hydroxylation sites is 2. The maximum absolute atomic E-state index is 12.8. The third kappa shape index (κ3) is 7.83. The number of carbonyl (C=O) groups is 2. The van der Waals surface area contributed by atoms with Gasteiger partial charge in [0.2, 0.25) is 5.91 Å². The number of methoxy groups -OCH3 is 1. The highest BCUT2D eigenvalue weighted by molar-refractivity contribution is 5.97. The molecule has 2 rings (SSSR count). The van der Waals surface area contributed by atoms with Crippen LogP contribution in [0.3, 0.4) is 0 Å². The number of alkyl carbamates (subject to hydrolysis) is 1. The zero-order valence-electron chi connectivity index (χ0n) is 17.2. The lowest BCUT2D eigenvalue weighted by Crippen LogP contribution is -2.48. The zero-order valence-corrected chi connectivity index (χ0v) is 17.2. The van der Waals surface area contributed by atoms with E-state index in [9.17, 15) is 9.59 Å². The number of benzene rings is 2. The lowest BCUT2D eigenvalue weighted by Gasteiger charge is -2.23. The first kappa shape index (κ1) is 22.2. The zero-order chi connectivity index (χ0) is 21.3. The van der Waals surface area contributed by atoms with E-state index in [1.165, 1.54) is 7.11 Å². The summed E-state index contributed by atoms with van der Waals surface area (Å²) < 4.78 is 16.2. The van der Waals surface area contributed by atoms with Crippen molar-refractivity contribution in [2.24, 2.45) is 0 Å². The highest BCUT2D eigenvalue weighted by Gasteiger charge is 2.25. The van der Waals surface area contributed by atoms with Gasteiger partial charge < -0.3 is 24.8 Å². The molecule has 0 aliphatic heterocycles. The number of ether oxygens (including phenoxy) is 3. The summed E-state index contributed by atoms with van der Waals surface area (Å²) in [5.41, 5.74) is 0.784. The first-order chi connectivity index (χ1) is 13.8. The number of carbonyl (C=O) groups excluding carboxylic acids is 2. The maximum atomic E-state index is 12.8. The molecule has 2 aromatic rings. The summed E-state index contributed by atoms with van der Waals surface area (Å²) in [7, 11) is 1.52. The second kappa shape index (κ2) is 10.5. The van der Waals surface area contributed by atoms with E-state index in [1.54, 1.807) is 45.0 Å². The quantitative estimate of drug-likeness (QED) is 0.705. The van der Waals surface area contributed by atoms with Crippen LogP contribution < -0.4 is 15.4 Å². The molecule has 0 bridgehead atoms. The Morgan fingerprint density at radius 3 is 2.31 bits per heavy atom. The molecule has 0 radical (unpaired) electrons. The van der Waals surface area contributed by atoms with Crippen LogP contribution in [-0.4, -0.2) is 37.4 Å². The minimum atomic E-state index is -0.946. The van der Waals surface area contributed by atoms with Gasteiger partial charge >= 0.3 is 6.09 Å². The van der Waals surface area contributed by atoms with Gasteiger partial charge in [0, 0.05) is 0 Å². The van der Waals surface area contributed by atoms with E-state index in [0.717, 1.165) is 5.56 Å². The van der Waals surface area contributed by atoms with Crippen molar-refractivity contribution in [1.29, 1.82) is 0 Å². The lowest BCUT2D eigenvalue weighted by molar-refractivity contribution is -0.119. The molecule has 0 unspecified atom stereocenters. The van der Waals surface area contributed by atoms with Crippen molar-refractivity contribution in [3.63, 3.8) is 0 Å². The first-order valence-corrected chi connectivity index (χ1v) is 9.33. The fourth-order valence-corrected chi connectivity index (χ4v) is 2.47. The Kier molecular flexibility index (Phi) is 8.03. The third-order valence-electron chi connectivity index (χ3n) is 3.77. The van der Waals surface area contributed by atoms with E-state index in [2.05, 4.69) is 10.6 Å². The summed E-state index contributed by atoms with van der Waals surface area (Å²) in [6.45, 7) is 5.55. The highest BCUT2D eigenvalue weighted by Crippen LogP contribution is 2.23. The average Bonchev–Trinajstić information content (AvgIpc) is 2.67. The van der Waals surface area contributed by atoms with Gasteiger partial charge in [-0.15, -0.1) is 0 Å². The van der Waals surface area contributed by atoms with Crippen molar-refractivity contribution >= 4 is 17.7 Å². The molecule has 156 valence electrons. The summed E-state index contributed by atoms with van der Waals surface area (Å²) in [5.74, 6) is 0.0792. The summed E-state index contributed by atoms with van der Waals surface area (Å²) in [4.78, 5) is 25.0. The third-order valence-corrected chi connectivity index (χ3v) is 3.77. The summed E-state index contributed by atoms with van der Waals surface area (Å²) >= 11 is 0. The van der Waals surface area contributed by atoms with Crippen molar-refractivity contribution in [3.05, 3.63) is 60.2 Å². The van der Waals surface area contributed by atoms with Crippen LogP contribution in [-0.2, 0) is 20.9 Å². The van der Waals surface area contributed by atoms with Crippen LogP contribution in [0, 0.1) is 0 Å². The van der Waals surface area contributed by atoms with Crippen LogP contribution in [0.1, 0.15) is 26.3 Å². The molecule has 0 heterocycles. The average molecular weight is 400 g/mol. The largest absolute Gasteiger partial charge is 0.495 e. The predicted octanol–water partition coefficient (Wildman–Crippen LogP) is 3.74. The number of hydrogen-bond donors (Lipinski definition) is 2. The molecule has 0 saturated carbocycles. The molecule has 2 aromatic carbocycles. The van der Waals surface area contributed by atoms with Crippen molar-refractivity contribution in [2.75, 3.05) is 19.0 Å². The number of nitrogens with one attached hydrogen (secondary N) is 2. The Morgan fingerprint density at radius 1 is 1.00 bits per heavy atom. The van der Waals surface area contributed by atoms with Crippen LogP contribution in [0.4, 0.5) is 10.5 Å². The molecule has 1 atom stereocenters. The Labute approximate surface area is 171 Å². The lowest BCUT2D eigenvalue weighted by atomic mass is 10.2. The summed E-state index contributed by atoms with van der Waals surface area (Å²) in [6, 6.07) is 15.7. The van der Waals surface area contributed by atoms with Gasteiger partial charge in [0.25, 0.3) is 0 Å². The summed E-state index contributed by atoms with van der Waals surface area (Å²) in [6.07, 6.45) is -0.694. The molecule has 0 aromatic heterocycles. The van der Waals surface area contributed by atoms with Crippen LogP contribution in [0.2, 0.25) is 0 Å². The Hall–Kier alpha value is -3.06.